The fraction of sp³-hybridized carbons (Fsp3) is 0.222. The Morgan fingerprint density at radius 1 is 1.17 bits per heavy atom. The topological polar surface area (TPSA) is 45.2 Å². The van der Waals surface area contributed by atoms with Gasteiger partial charge in [-0.1, -0.05) is 12.1 Å². The summed E-state index contributed by atoms with van der Waals surface area (Å²) in [6, 6.07) is 10.1. The third-order valence-electron chi connectivity index (χ3n) is 4.21. The average Bonchev–Trinajstić information content (AvgIpc) is 3.36. The predicted octanol–water partition coefficient (Wildman–Crippen LogP) is 3.88. The molecule has 2 aromatic heterocycles. The van der Waals surface area contributed by atoms with Crippen LogP contribution in [0.3, 0.4) is 0 Å². The van der Waals surface area contributed by atoms with E-state index >= 15 is 0 Å². The highest BCUT2D eigenvalue weighted by atomic mass is 32.1. The van der Waals surface area contributed by atoms with E-state index in [4.69, 9.17) is 0 Å². The number of aromatic nitrogens is 1. The van der Waals surface area contributed by atoms with Crippen LogP contribution in [0.4, 0.5) is 5.13 Å². The molecular formula is C18H17N3OS2. The number of thiazole rings is 1. The van der Waals surface area contributed by atoms with E-state index in [0.717, 1.165) is 30.2 Å². The number of amides is 1. The van der Waals surface area contributed by atoms with Gasteiger partial charge in [-0.15, -0.1) is 11.3 Å². The van der Waals surface area contributed by atoms with Gasteiger partial charge in [0.1, 0.15) is 0 Å². The van der Waals surface area contributed by atoms with Crippen LogP contribution in [0.5, 0.6) is 0 Å². The molecule has 1 amide bonds. The van der Waals surface area contributed by atoms with Crippen molar-refractivity contribution in [1.82, 2.24) is 10.3 Å². The van der Waals surface area contributed by atoms with Crippen molar-refractivity contribution >= 4 is 33.7 Å². The number of benzene rings is 1. The van der Waals surface area contributed by atoms with E-state index in [0.29, 0.717) is 5.56 Å². The number of nitrogens with one attached hydrogen (secondary N) is 1. The number of rotatable bonds is 4. The van der Waals surface area contributed by atoms with Crippen LogP contribution in [0.2, 0.25) is 0 Å². The maximum absolute atomic E-state index is 12.5. The summed E-state index contributed by atoms with van der Waals surface area (Å²) in [7, 11) is 0. The molecule has 0 radical (unpaired) electrons. The Hall–Kier alpha value is -2.18. The molecule has 0 unspecified atom stereocenters. The van der Waals surface area contributed by atoms with E-state index in [-0.39, 0.29) is 11.9 Å². The van der Waals surface area contributed by atoms with E-state index in [1.165, 1.54) is 5.56 Å². The Morgan fingerprint density at radius 2 is 2.04 bits per heavy atom. The highest BCUT2D eigenvalue weighted by Crippen LogP contribution is 2.24. The predicted molar refractivity (Wildman–Crippen MR) is 100.0 cm³/mol. The fourth-order valence-corrected chi connectivity index (χ4v) is 4.28. The van der Waals surface area contributed by atoms with Gasteiger partial charge in [-0.3, -0.25) is 4.79 Å². The van der Waals surface area contributed by atoms with Crippen LogP contribution in [0.25, 0.3) is 11.1 Å². The van der Waals surface area contributed by atoms with Crippen LogP contribution in [-0.2, 0) is 0 Å². The molecule has 122 valence electrons. The van der Waals surface area contributed by atoms with Crippen LogP contribution < -0.4 is 10.2 Å². The summed E-state index contributed by atoms with van der Waals surface area (Å²) in [6.07, 6.45) is 2.78. The van der Waals surface area contributed by atoms with Crippen LogP contribution >= 0.6 is 22.7 Å². The molecule has 24 heavy (non-hydrogen) atoms. The van der Waals surface area contributed by atoms with Gasteiger partial charge in [-0.2, -0.15) is 11.3 Å². The average molecular weight is 355 g/mol. The van der Waals surface area contributed by atoms with Gasteiger partial charge in [0.25, 0.3) is 5.91 Å². The van der Waals surface area contributed by atoms with Crippen molar-refractivity contribution in [1.29, 1.82) is 0 Å². The minimum atomic E-state index is -0.00198. The molecule has 0 bridgehead atoms. The lowest BCUT2D eigenvalue weighted by molar-refractivity contribution is 0.0940. The molecule has 1 fully saturated rings. The van der Waals surface area contributed by atoms with Gasteiger partial charge in [0.15, 0.2) is 5.13 Å². The molecule has 1 aliphatic heterocycles. The van der Waals surface area contributed by atoms with Crippen LogP contribution in [0.1, 0.15) is 16.8 Å². The number of hydrogen-bond acceptors (Lipinski definition) is 5. The lowest BCUT2D eigenvalue weighted by Gasteiger charge is -2.16. The Kier molecular flexibility index (Phi) is 4.32. The molecule has 0 spiro atoms. The lowest BCUT2D eigenvalue weighted by atomic mass is 10.1. The maximum atomic E-state index is 12.5. The summed E-state index contributed by atoms with van der Waals surface area (Å²) in [5.41, 5.74) is 3.05. The first kappa shape index (κ1) is 15.4. The summed E-state index contributed by atoms with van der Waals surface area (Å²) >= 11 is 3.32. The Bertz CT molecular complexity index is 797. The number of hydrogen-bond donors (Lipinski definition) is 1. The number of carbonyl (C=O) groups is 1. The molecule has 1 aliphatic rings. The highest BCUT2D eigenvalue weighted by molar-refractivity contribution is 7.13. The molecular weight excluding hydrogens is 338 g/mol. The number of carbonyl (C=O) groups excluding carboxylic acids is 1. The monoisotopic (exact) mass is 355 g/mol. The smallest absolute Gasteiger partial charge is 0.251 e. The zero-order valence-electron chi connectivity index (χ0n) is 13.0. The summed E-state index contributed by atoms with van der Waals surface area (Å²) in [4.78, 5) is 19.0. The van der Waals surface area contributed by atoms with Crippen molar-refractivity contribution in [3.8, 4) is 11.1 Å². The zero-order chi connectivity index (χ0) is 16.4. The van der Waals surface area contributed by atoms with Gasteiger partial charge in [-0.05, 0) is 46.5 Å². The lowest BCUT2D eigenvalue weighted by Crippen LogP contribution is -2.37. The van der Waals surface area contributed by atoms with Crippen molar-refractivity contribution < 1.29 is 4.79 Å². The van der Waals surface area contributed by atoms with Gasteiger partial charge < -0.3 is 10.2 Å². The second-order valence-corrected chi connectivity index (χ2v) is 7.46. The van der Waals surface area contributed by atoms with E-state index in [2.05, 4.69) is 32.0 Å². The standard InChI is InChI=1S/C18H17N3OS2/c22-17(14-3-1-13(2-4-14)15-6-9-23-12-15)20-16-5-8-21(11-16)18-19-7-10-24-18/h1-4,6-7,9-10,12,16H,5,8,11H2,(H,20,22)/t16-/m0/s1. The molecule has 0 aliphatic carbocycles. The molecule has 3 aromatic rings. The Balaban J connectivity index is 1.38. The molecule has 1 N–H and O–H groups in total. The molecule has 1 atom stereocenters. The summed E-state index contributed by atoms with van der Waals surface area (Å²) in [6.45, 7) is 1.77. The first-order valence-corrected chi connectivity index (χ1v) is 9.70. The first-order valence-electron chi connectivity index (χ1n) is 7.87. The Morgan fingerprint density at radius 3 is 2.75 bits per heavy atom. The molecule has 4 nitrogen and oxygen atoms in total. The maximum Gasteiger partial charge on any atom is 0.251 e. The van der Waals surface area contributed by atoms with E-state index < -0.39 is 0 Å². The van der Waals surface area contributed by atoms with E-state index in [1.807, 2.05) is 35.8 Å². The van der Waals surface area contributed by atoms with Crippen molar-refractivity contribution in [3.63, 3.8) is 0 Å². The fourth-order valence-electron chi connectivity index (χ4n) is 2.94. The molecule has 6 heteroatoms. The van der Waals surface area contributed by atoms with Gasteiger partial charge in [0, 0.05) is 36.3 Å². The van der Waals surface area contributed by atoms with E-state index in [1.54, 1.807) is 22.7 Å². The summed E-state index contributed by atoms with van der Waals surface area (Å²) in [5, 5.41) is 10.3. The summed E-state index contributed by atoms with van der Waals surface area (Å²) in [5.74, 6) is -0.00198. The van der Waals surface area contributed by atoms with Crippen molar-refractivity contribution in [2.45, 2.75) is 12.5 Å². The highest BCUT2D eigenvalue weighted by Gasteiger charge is 2.25. The van der Waals surface area contributed by atoms with Crippen LogP contribution in [-0.4, -0.2) is 30.0 Å². The minimum Gasteiger partial charge on any atom is -0.347 e. The third kappa shape index (κ3) is 3.20. The quantitative estimate of drug-likeness (QED) is 0.772. The van der Waals surface area contributed by atoms with Crippen LogP contribution in [0.15, 0.2) is 52.7 Å². The number of thiophene rings is 1. The second kappa shape index (κ2) is 6.75. The van der Waals surface area contributed by atoms with Gasteiger partial charge >= 0.3 is 0 Å². The van der Waals surface area contributed by atoms with Gasteiger partial charge in [0.2, 0.25) is 0 Å². The van der Waals surface area contributed by atoms with E-state index in [9.17, 15) is 4.79 Å². The largest absolute Gasteiger partial charge is 0.347 e. The normalized spacial score (nSPS) is 17.2. The summed E-state index contributed by atoms with van der Waals surface area (Å²) < 4.78 is 0. The molecule has 3 heterocycles. The molecule has 4 rings (SSSR count). The third-order valence-corrected chi connectivity index (χ3v) is 5.73. The van der Waals surface area contributed by atoms with Gasteiger partial charge in [-0.25, -0.2) is 4.98 Å². The van der Waals surface area contributed by atoms with Crippen LogP contribution in [0, 0.1) is 0 Å². The first-order chi connectivity index (χ1) is 11.8. The Labute approximate surface area is 148 Å². The SMILES string of the molecule is O=C(N[C@H]1CCN(c2nccs2)C1)c1ccc(-c2ccsc2)cc1. The second-order valence-electron chi connectivity index (χ2n) is 5.81. The van der Waals surface area contributed by atoms with Crippen molar-refractivity contribution in [2.75, 3.05) is 18.0 Å². The van der Waals surface area contributed by atoms with Crippen molar-refractivity contribution in [3.05, 3.63) is 58.2 Å². The number of nitrogens with zero attached hydrogens (tertiary/aromatic N) is 2. The van der Waals surface area contributed by atoms with Gasteiger partial charge in [0.05, 0.1) is 0 Å². The van der Waals surface area contributed by atoms with Crippen molar-refractivity contribution in [2.24, 2.45) is 0 Å². The molecule has 1 aromatic carbocycles. The molecule has 1 saturated heterocycles. The molecule has 0 saturated carbocycles. The zero-order valence-corrected chi connectivity index (χ0v) is 14.6. The number of anilines is 1. The minimum absolute atomic E-state index is 0.00198.